The summed E-state index contributed by atoms with van der Waals surface area (Å²) in [6.45, 7) is 1.06. The Bertz CT molecular complexity index is 779. The number of halogens is 3. The molecule has 1 unspecified atom stereocenters. The molecule has 3 rings (SSSR count). The van der Waals surface area contributed by atoms with E-state index < -0.39 is 17.6 Å². The van der Waals surface area contributed by atoms with Gasteiger partial charge in [0.1, 0.15) is 0 Å². The van der Waals surface area contributed by atoms with Crippen LogP contribution >= 0.6 is 0 Å². The van der Waals surface area contributed by atoms with Gasteiger partial charge in [-0.15, -0.1) is 0 Å². The molecule has 1 fully saturated rings. The lowest BCUT2D eigenvalue weighted by Gasteiger charge is -2.13. The van der Waals surface area contributed by atoms with E-state index in [0.29, 0.717) is 11.6 Å². The highest BCUT2D eigenvalue weighted by atomic mass is 19.4. The van der Waals surface area contributed by atoms with Crippen LogP contribution in [0.1, 0.15) is 40.7 Å². The average Bonchev–Trinajstić information content (AvgIpc) is 3.12. The van der Waals surface area contributed by atoms with Crippen molar-refractivity contribution in [2.45, 2.75) is 37.9 Å². The zero-order valence-electron chi connectivity index (χ0n) is 14.3. The van der Waals surface area contributed by atoms with E-state index in [9.17, 15) is 18.0 Å². The van der Waals surface area contributed by atoms with Gasteiger partial charge in [-0.25, -0.2) is 0 Å². The Hall–Kier alpha value is -2.34. The van der Waals surface area contributed by atoms with Crippen LogP contribution in [0.5, 0.6) is 0 Å². The molecule has 26 heavy (non-hydrogen) atoms. The lowest BCUT2D eigenvalue weighted by Crippen LogP contribution is -2.21. The van der Waals surface area contributed by atoms with Crippen LogP contribution in [-0.4, -0.2) is 18.5 Å². The Labute approximate surface area is 150 Å². The number of hydrogen-bond acceptors (Lipinski definition) is 2. The van der Waals surface area contributed by atoms with E-state index in [1.807, 2.05) is 12.1 Å². The summed E-state index contributed by atoms with van der Waals surface area (Å²) in [7, 11) is 0. The fourth-order valence-corrected chi connectivity index (χ4v) is 3.37. The molecule has 1 saturated heterocycles. The summed E-state index contributed by atoms with van der Waals surface area (Å²) in [4.78, 5) is 11.6. The van der Waals surface area contributed by atoms with Crippen LogP contribution in [0.4, 0.5) is 13.2 Å². The van der Waals surface area contributed by atoms with Crippen molar-refractivity contribution in [2.75, 3.05) is 6.54 Å². The number of amides is 1. The Kier molecular flexibility index (Phi) is 5.32. The fraction of sp³-hybridized carbons (Fsp3) is 0.350. The van der Waals surface area contributed by atoms with E-state index in [2.05, 4.69) is 5.32 Å². The third-order valence-electron chi connectivity index (χ3n) is 4.82. The largest absolute Gasteiger partial charge is 0.416 e. The van der Waals surface area contributed by atoms with Crippen molar-refractivity contribution < 1.29 is 18.0 Å². The van der Waals surface area contributed by atoms with Gasteiger partial charge < -0.3 is 11.1 Å². The van der Waals surface area contributed by atoms with Crippen LogP contribution in [0, 0.1) is 0 Å². The van der Waals surface area contributed by atoms with Gasteiger partial charge in [-0.1, -0.05) is 24.3 Å². The predicted molar refractivity (Wildman–Crippen MR) is 94.7 cm³/mol. The van der Waals surface area contributed by atoms with E-state index >= 15 is 0 Å². The summed E-state index contributed by atoms with van der Waals surface area (Å²) >= 11 is 0. The molecule has 2 aromatic rings. The SMILES string of the molecule is NC(=O)c1ccc(C(F)(F)F)cc1-c1ccc(CCC2CCCN2)cc1. The lowest BCUT2D eigenvalue weighted by atomic mass is 9.95. The Morgan fingerprint density at radius 3 is 2.46 bits per heavy atom. The summed E-state index contributed by atoms with van der Waals surface area (Å²) in [6, 6.07) is 10.8. The Morgan fingerprint density at radius 1 is 1.15 bits per heavy atom. The highest BCUT2D eigenvalue weighted by Crippen LogP contribution is 2.34. The van der Waals surface area contributed by atoms with Crippen molar-refractivity contribution in [3.8, 4) is 11.1 Å². The molecule has 0 saturated carbocycles. The quantitative estimate of drug-likeness (QED) is 0.839. The molecule has 0 spiro atoms. The maximum Gasteiger partial charge on any atom is 0.416 e. The molecular weight excluding hydrogens is 341 g/mol. The van der Waals surface area contributed by atoms with Gasteiger partial charge in [-0.3, -0.25) is 4.79 Å². The molecule has 2 aromatic carbocycles. The van der Waals surface area contributed by atoms with E-state index in [4.69, 9.17) is 5.73 Å². The van der Waals surface area contributed by atoms with E-state index in [1.54, 1.807) is 12.1 Å². The first-order valence-electron chi connectivity index (χ1n) is 8.68. The maximum absolute atomic E-state index is 13.0. The van der Waals surface area contributed by atoms with Crippen molar-refractivity contribution >= 4 is 5.91 Å². The van der Waals surface area contributed by atoms with E-state index in [1.165, 1.54) is 12.8 Å². The molecule has 0 aromatic heterocycles. The van der Waals surface area contributed by atoms with Crippen LogP contribution in [0.25, 0.3) is 11.1 Å². The van der Waals surface area contributed by atoms with Crippen LogP contribution in [0.2, 0.25) is 0 Å². The number of primary amides is 1. The van der Waals surface area contributed by atoms with Crippen molar-refractivity contribution in [2.24, 2.45) is 5.73 Å². The number of rotatable bonds is 5. The van der Waals surface area contributed by atoms with Crippen molar-refractivity contribution in [1.29, 1.82) is 0 Å². The highest BCUT2D eigenvalue weighted by Gasteiger charge is 2.31. The Morgan fingerprint density at radius 2 is 1.88 bits per heavy atom. The fourth-order valence-electron chi connectivity index (χ4n) is 3.37. The van der Waals surface area contributed by atoms with Gasteiger partial charge in [-0.05, 0) is 67.1 Å². The number of benzene rings is 2. The minimum absolute atomic E-state index is 0.0842. The first-order chi connectivity index (χ1) is 12.3. The summed E-state index contributed by atoms with van der Waals surface area (Å²) < 4.78 is 39.0. The molecule has 1 amide bonds. The van der Waals surface area contributed by atoms with Gasteiger partial charge in [0.2, 0.25) is 5.91 Å². The number of hydrogen-bond donors (Lipinski definition) is 2. The number of alkyl halides is 3. The third-order valence-corrected chi connectivity index (χ3v) is 4.82. The molecule has 3 N–H and O–H groups in total. The van der Waals surface area contributed by atoms with E-state index in [-0.39, 0.29) is 11.1 Å². The van der Waals surface area contributed by atoms with E-state index in [0.717, 1.165) is 43.1 Å². The van der Waals surface area contributed by atoms with Gasteiger partial charge in [0.15, 0.2) is 0 Å². The van der Waals surface area contributed by atoms with Crippen LogP contribution in [0.15, 0.2) is 42.5 Å². The molecule has 0 bridgehead atoms. The van der Waals surface area contributed by atoms with Gasteiger partial charge in [0.25, 0.3) is 0 Å². The highest BCUT2D eigenvalue weighted by molar-refractivity contribution is 6.00. The molecule has 0 radical (unpaired) electrons. The minimum atomic E-state index is -4.47. The predicted octanol–water partition coefficient (Wildman–Crippen LogP) is 4.16. The molecule has 1 aliphatic heterocycles. The first-order valence-corrected chi connectivity index (χ1v) is 8.68. The van der Waals surface area contributed by atoms with Crippen molar-refractivity contribution in [3.05, 3.63) is 59.2 Å². The summed E-state index contributed by atoms with van der Waals surface area (Å²) in [5, 5.41) is 3.45. The van der Waals surface area contributed by atoms with Crippen LogP contribution in [-0.2, 0) is 12.6 Å². The number of carbonyl (C=O) groups excluding carboxylic acids is 1. The van der Waals surface area contributed by atoms with Crippen molar-refractivity contribution in [3.63, 3.8) is 0 Å². The van der Waals surface area contributed by atoms with Gasteiger partial charge in [-0.2, -0.15) is 13.2 Å². The Balaban J connectivity index is 1.84. The second-order valence-electron chi connectivity index (χ2n) is 6.65. The molecule has 0 aliphatic carbocycles. The summed E-state index contributed by atoms with van der Waals surface area (Å²) in [6.07, 6.45) is -0.142. The second-order valence-corrected chi connectivity index (χ2v) is 6.65. The van der Waals surface area contributed by atoms with Gasteiger partial charge in [0.05, 0.1) is 5.56 Å². The summed E-state index contributed by atoms with van der Waals surface area (Å²) in [5.41, 5.74) is 6.49. The van der Waals surface area contributed by atoms with Crippen molar-refractivity contribution in [1.82, 2.24) is 5.32 Å². The summed E-state index contributed by atoms with van der Waals surface area (Å²) in [5.74, 6) is -0.745. The average molecular weight is 362 g/mol. The minimum Gasteiger partial charge on any atom is -0.366 e. The lowest BCUT2D eigenvalue weighted by molar-refractivity contribution is -0.137. The standard InChI is InChI=1S/C20H21F3N2O/c21-20(22,23)15-8-10-17(19(24)26)18(12-15)14-6-3-13(4-7-14)5-9-16-2-1-11-25-16/h3-4,6-8,10,12,16,25H,1-2,5,9,11H2,(H2,24,26). The monoisotopic (exact) mass is 362 g/mol. The molecule has 1 heterocycles. The van der Waals surface area contributed by atoms with Crippen LogP contribution in [0.3, 0.4) is 0 Å². The van der Waals surface area contributed by atoms with Gasteiger partial charge in [0, 0.05) is 11.6 Å². The topological polar surface area (TPSA) is 55.1 Å². The number of carbonyl (C=O) groups is 1. The molecule has 1 aliphatic rings. The molecule has 3 nitrogen and oxygen atoms in total. The first kappa shape index (κ1) is 18.5. The number of aryl methyl sites for hydroxylation is 1. The van der Waals surface area contributed by atoms with Gasteiger partial charge >= 0.3 is 6.18 Å². The third kappa shape index (κ3) is 4.25. The normalized spacial score (nSPS) is 17.4. The smallest absolute Gasteiger partial charge is 0.366 e. The number of nitrogens with two attached hydrogens (primary N) is 1. The molecule has 1 atom stereocenters. The zero-order chi connectivity index (χ0) is 18.7. The molecular formula is C20H21F3N2O. The second kappa shape index (κ2) is 7.50. The molecule has 138 valence electrons. The number of nitrogens with one attached hydrogen (secondary N) is 1. The molecule has 6 heteroatoms. The van der Waals surface area contributed by atoms with Crippen LogP contribution < -0.4 is 11.1 Å². The maximum atomic E-state index is 13.0. The zero-order valence-corrected chi connectivity index (χ0v) is 14.3.